The van der Waals surface area contributed by atoms with Crippen molar-refractivity contribution in [1.82, 2.24) is 4.98 Å². The lowest BCUT2D eigenvalue weighted by Gasteiger charge is -2.13. The van der Waals surface area contributed by atoms with Crippen LogP contribution in [0.1, 0.15) is 11.3 Å². The Balaban J connectivity index is 2.22. The Morgan fingerprint density at radius 3 is 2.78 bits per heavy atom. The van der Waals surface area contributed by atoms with Crippen LogP contribution in [-0.2, 0) is 12.7 Å². The van der Waals surface area contributed by atoms with Crippen molar-refractivity contribution in [3.63, 3.8) is 0 Å². The average molecular weight is 321 g/mol. The molecule has 0 aliphatic carbocycles. The van der Waals surface area contributed by atoms with Crippen LogP contribution in [-0.4, -0.2) is 4.98 Å². The molecule has 0 saturated carbocycles. The number of rotatable bonds is 3. The molecule has 0 radical (unpaired) electrons. The number of anilines is 1. The van der Waals surface area contributed by atoms with Crippen molar-refractivity contribution in [1.29, 1.82) is 0 Å². The van der Waals surface area contributed by atoms with Gasteiger partial charge in [-0.15, -0.1) is 0 Å². The zero-order chi connectivity index (χ0) is 13.2. The van der Waals surface area contributed by atoms with Gasteiger partial charge in [-0.05, 0) is 34.1 Å². The van der Waals surface area contributed by atoms with E-state index in [0.29, 0.717) is 5.76 Å². The Labute approximate surface area is 109 Å². The fourth-order valence-electron chi connectivity index (χ4n) is 1.38. The number of nitrogens with one attached hydrogen (secondary N) is 1. The van der Waals surface area contributed by atoms with Crippen LogP contribution >= 0.6 is 15.9 Å². The Morgan fingerprint density at radius 1 is 1.39 bits per heavy atom. The number of furan rings is 1. The topological polar surface area (TPSA) is 38.1 Å². The lowest BCUT2D eigenvalue weighted by Crippen LogP contribution is -2.12. The van der Waals surface area contributed by atoms with Crippen molar-refractivity contribution >= 4 is 21.7 Å². The maximum Gasteiger partial charge on any atom is 0.419 e. The third-order valence-corrected chi connectivity index (χ3v) is 2.60. The van der Waals surface area contributed by atoms with E-state index in [-0.39, 0.29) is 16.8 Å². The van der Waals surface area contributed by atoms with Gasteiger partial charge in [-0.2, -0.15) is 13.2 Å². The maximum atomic E-state index is 12.8. The summed E-state index contributed by atoms with van der Waals surface area (Å²) >= 11 is 2.97. The minimum Gasteiger partial charge on any atom is -0.467 e. The van der Waals surface area contributed by atoms with Crippen LogP contribution in [0.15, 0.2) is 39.5 Å². The monoisotopic (exact) mass is 320 g/mol. The summed E-state index contributed by atoms with van der Waals surface area (Å²) in [7, 11) is 0. The van der Waals surface area contributed by atoms with E-state index in [1.165, 1.54) is 12.5 Å². The average Bonchev–Trinajstić information content (AvgIpc) is 2.79. The molecule has 3 nitrogen and oxygen atoms in total. The number of nitrogens with zero attached hydrogens (tertiary/aromatic N) is 1. The van der Waals surface area contributed by atoms with Crippen molar-refractivity contribution in [2.45, 2.75) is 12.7 Å². The Hall–Kier alpha value is -1.50. The second-order valence-corrected chi connectivity index (χ2v) is 4.40. The van der Waals surface area contributed by atoms with Crippen LogP contribution in [0.5, 0.6) is 0 Å². The largest absolute Gasteiger partial charge is 0.467 e. The van der Waals surface area contributed by atoms with E-state index in [1.54, 1.807) is 12.1 Å². The first-order valence-corrected chi connectivity index (χ1v) is 5.75. The first-order chi connectivity index (χ1) is 8.47. The minimum atomic E-state index is -4.46. The van der Waals surface area contributed by atoms with Gasteiger partial charge in [-0.3, -0.25) is 0 Å². The molecular formula is C11H8BrF3N2O. The normalized spacial score (nSPS) is 11.6. The minimum absolute atomic E-state index is 0.144. The van der Waals surface area contributed by atoms with Gasteiger partial charge < -0.3 is 9.73 Å². The summed E-state index contributed by atoms with van der Waals surface area (Å²) in [5.41, 5.74) is -0.816. The fourth-order valence-corrected chi connectivity index (χ4v) is 1.71. The number of aromatic nitrogens is 1. The standard InChI is InChI=1S/C11H8BrF3N2O/c12-7-4-9(11(13,14)15)10(16-5-7)17-6-8-2-1-3-18-8/h1-5H,6H2,(H,16,17). The first kappa shape index (κ1) is 12.9. The third-order valence-electron chi connectivity index (χ3n) is 2.17. The van der Waals surface area contributed by atoms with Crippen LogP contribution in [0.25, 0.3) is 0 Å². The van der Waals surface area contributed by atoms with Gasteiger partial charge in [0.1, 0.15) is 11.6 Å². The summed E-state index contributed by atoms with van der Waals surface area (Å²) in [6, 6.07) is 4.31. The molecular weight excluding hydrogens is 313 g/mol. The summed E-state index contributed by atoms with van der Waals surface area (Å²) in [6.45, 7) is 0.144. The molecule has 0 bridgehead atoms. The van der Waals surface area contributed by atoms with Gasteiger partial charge in [0.2, 0.25) is 0 Å². The van der Waals surface area contributed by atoms with E-state index in [1.807, 2.05) is 0 Å². The molecule has 2 rings (SSSR count). The van der Waals surface area contributed by atoms with Gasteiger partial charge in [0.05, 0.1) is 18.4 Å². The van der Waals surface area contributed by atoms with Crippen LogP contribution in [0.4, 0.5) is 19.0 Å². The molecule has 0 spiro atoms. The molecule has 96 valence electrons. The molecule has 0 fully saturated rings. The van der Waals surface area contributed by atoms with Crippen molar-refractivity contribution in [2.75, 3.05) is 5.32 Å². The third kappa shape index (κ3) is 3.04. The first-order valence-electron chi connectivity index (χ1n) is 4.96. The van der Waals surface area contributed by atoms with E-state index in [0.717, 1.165) is 6.07 Å². The summed E-state index contributed by atoms with van der Waals surface area (Å²) in [5, 5.41) is 2.60. The highest BCUT2D eigenvalue weighted by atomic mass is 79.9. The molecule has 0 atom stereocenters. The maximum absolute atomic E-state index is 12.8. The van der Waals surface area contributed by atoms with Crippen molar-refractivity contribution in [3.8, 4) is 0 Å². The van der Waals surface area contributed by atoms with Crippen LogP contribution in [0, 0.1) is 0 Å². The van der Waals surface area contributed by atoms with Crippen LogP contribution in [0.2, 0.25) is 0 Å². The second-order valence-electron chi connectivity index (χ2n) is 3.48. The predicted octanol–water partition coefficient (Wildman–Crippen LogP) is 4.07. The summed E-state index contributed by atoms with van der Waals surface area (Å²) in [5.74, 6) is 0.315. The highest BCUT2D eigenvalue weighted by Crippen LogP contribution is 2.35. The smallest absolute Gasteiger partial charge is 0.419 e. The second kappa shape index (κ2) is 5.01. The van der Waals surface area contributed by atoms with E-state index in [9.17, 15) is 13.2 Å². The number of pyridine rings is 1. The zero-order valence-corrected chi connectivity index (χ0v) is 10.5. The van der Waals surface area contributed by atoms with Gasteiger partial charge in [-0.25, -0.2) is 4.98 Å². The quantitative estimate of drug-likeness (QED) is 0.926. The molecule has 2 aromatic rings. The van der Waals surface area contributed by atoms with E-state index in [2.05, 4.69) is 26.2 Å². The molecule has 1 N–H and O–H groups in total. The molecule has 0 aliphatic rings. The zero-order valence-electron chi connectivity index (χ0n) is 8.96. The number of hydrogen-bond acceptors (Lipinski definition) is 3. The fraction of sp³-hybridized carbons (Fsp3) is 0.182. The molecule has 0 aromatic carbocycles. The van der Waals surface area contributed by atoms with Gasteiger partial charge in [0, 0.05) is 10.7 Å². The summed E-state index contributed by atoms with van der Waals surface area (Å²) in [4.78, 5) is 3.72. The van der Waals surface area contributed by atoms with Gasteiger partial charge in [-0.1, -0.05) is 0 Å². The predicted molar refractivity (Wildman–Crippen MR) is 63.0 cm³/mol. The number of halogens is 4. The molecule has 0 unspecified atom stereocenters. The Kier molecular flexibility index (Phi) is 3.60. The van der Waals surface area contributed by atoms with Gasteiger partial charge >= 0.3 is 6.18 Å². The van der Waals surface area contributed by atoms with Crippen LogP contribution < -0.4 is 5.32 Å². The SMILES string of the molecule is FC(F)(F)c1cc(Br)cnc1NCc1ccco1. The number of alkyl halides is 3. The Bertz CT molecular complexity index is 526. The van der Waals surface area contributed by atoms with Crippen molar-refractivity contribution < 1.29 is 17.6 Å². The highest BCUT2D eigenvalue weighted by molar-refractivity contribution is 9.10. The van der Waals surface area contributed by atoms with Crippen molar-refractivity contribution in [3.05, 3.63) is 46.5 Å². The van der Waals surface area contributed by atoms with E-state index in [4.69, 9.17) is 4.42 Å². The number of hydrogen-bond donors (Lipinski definition) is 1. The Morgan fingerprint density at radius 2 is 2.17 bits per heavy atom. The van der Waals surface area contributed by atoms with Gasteiger partial charge in [0.25, 0.3) is 0 Å². The van der Waals surface area contributed by atoms with Crippen molar-refractivity contribution in [2.24, 2.45) is 0 Å². The van der Waals surface area contributed by atoms with Crippen LogP contribution in [0.3, 0.4) is 0 Å². The highest BCUT2D eigenvalue weighted by Gasteiger charge is 2.34. The molecule has 0 aliphatic heterocycles. The molecule has 0 saturated heterocycles. The van der Waals surface area contributed by atoms with E-state index >= 15 is 0 Å². The molecule has 18 heavy (non-hydrogen) atoms. The molecule has 2 heterocycles. The van der Waals surface area contributed by atoms with Gasteiger partial charge in [0.15, 0.2) is 0 Å². The molecule has 2 aromatic heterocycles. The summed E-state index contributed by atoms with van der Waals surface area (Å²) in [6.07, 6.45) is -1.70. The summed E-state index contributed by atoms with van der Waals surface area (Å²) < 4.78 is 43.6. The lowest BCUT2D eigenvalue weighted by molar-refractivity contribution is -0.137. The molecule has 0 amide bonds. The molecule has 7 heteroatoms. The lowest BCUT2D eigenvalue weighted by atomic mass is 10.2. The van der Waals surface area contributed by atoms with E-state index < -0.39 is 11.7 Å².